The first-order valence-corrected chi connectivity index (χ1v) is 9.07. The van der Waals surface area contributed by atoms with Crippen LogP contribution in [0.2, 0.25) is 0 Å². The molecule has 1 aromatic carbocycles. The number of nitrogens with zero attached hydrogens (tertiary/aromatic N) is 3. The Morgan fingerprint density at radius 3 is 2.58 bits per heavy atom. The summed E-state index contributed by atoms with van der Waals surface area (Å²) in [6, 6.07) is 10.7. The van der Waals surface area contributed by atoms with E-state index in [4.69, 9.17) is 0 Å². The second-order valence-corrected chi connectivity index (χ2v) is 7.33. The fourth-order valence-electron chi connectivity index (χ4n) is 4.46. The highest BCUT2D eigenvalue weighted by Gasteiger charge is 2.50. The highest BCUT2D eigenvalue weighted by molar-refractivity contribution is 6.04. The smallest absolute Gasteiger partial charge is 0.312 e. The van der Waals surface area contributed by atoms with Crippen molar-refractivity contribution < 1.29 is 9.59 Å². The third-order valence-corrected chi connectivity index (χ3v) is 5.81. The molecule has 0 radical (unpaired) electrons. The van der Waals surface area contributed by atoms with Crippen molar-refractivity contribution in [1.82, 2.24) is 14.7 Å². The Hall–Kier alpha value is -1.88. The number of carbonyl (C=O) groups excluding carboxylic acids is 2. The summed E-state index contributed by atoms with van der Waals surface area (Å²) in [5.41, 5.74) is 1.32. The molecule has 3 atom stereocenters. The second-order valence-electron chi connectivity index (χ2n) is 7.33. The zero-order valence-electron chi connectivity index (χ0n) is 14.2. The third kappa shape index (κ3) is 2.61. The van der Waals surface area contributed by atoms with Crippen molar-refractivity contribution in [3.05, 3.63) is 35.9 Å². The molecule has 0 aromatic heterocycles. The molecule has 0 bridgehead atoms. The molecule has 3 amide bonds. The average Bonchev–Trinajstić information content (AvgIpc) is 3.15. The van der Waals surface area contributed by atoms with Crippen LogP contribution in [-0.2, 0) is 11.3 Å². The van der Waals surface area contributed by atoms with Gasteiger partial charge in [0.05, 0.1) is 0 Å². The molecule has 0 N–H and O–H groups in total. The van der Waals surface area contributed by atoms with Crippen LogP contribution in [0.25, 0.3) is 0 Å². The van der Waals surface area contributed by atoms with Crippen LogP contribution in [0.4, 0.5) is 4.79 Å². The van der Waals surface area contributed by atoms with Crippen LogP contribution in [0.5, 0.6) is 0 Å². The molecule has 128 valence electrons. The van der Waals surface area contributed by atoms with Gasteiger partial charge in [-0.3, -0.25) is 14.6 Å². The second kappa shape index (κ2) is 6.20. The molecule has 5 heteroatoms. The highest BCUT2D eigenvalue weighted by atomic mass is 16.2. The molecule has 5 nitrogen and oxygen atoms in total. The minimum Gasteiger partial charge on any atom is -0.312 e. The van der Waals surface area contributed by atoms with E-state index in [0.29, 0.717) is 6.04 Å². The number of likely N-dealkylation sites (tertiary alicyclic amines) is 1. The maximum absolute atomic E-state index is 12.6. The van der Waals surface area contributed by atoms with Gasteiger partial charge in [-0.15, -0.1) is 0 Å². The topological polar surface area (TPSA) is 43.9 Å². The molecular formula is C19H25N3O2. The lowest BCUT2D eigenvalue weighted by molar-refractivity contribution is -0.130. The van der Waals surface area contributed by atoms with E-state index >= 15 is 0 Å². The SMILES string of the molecule is C[C@H]1C[C@H](N2C(=O)[C@@H]3CCCN3C2=O)CCN1Cc1ccccc1. The molecular weight excluding hydrogens is 302 g/mol. The van der Waals surface area contributed by atoms with E-state index in [-0.39, 0.29) is 24.0 Å². The Morgan fingerprint density at radius 2 is 1.88 bits per heavy atom. The number of amides is 3. The van der Waals surface area contributed by atoms with Gasteiger partial charge in [0.15, 0.2) is 0 Å². The van der Waals surface area contributed by atoms with Crippen LogP contribution in [-0.4, -0.2) is 57.9 Å². The predicted molar refractivity (Wildman–Crippen MR) is 91.3 cm³/mol. The fraction of sp³-hybridized carbons (Fsp3) is 0.579. The molecule has 3 saturated heterocycles. The van der Waals surface area contributed by atoms with Crippen LogP contribution in [0.15, 0.2) is 30.3 Å². The summed E-state index contributed by atoms with van der Waals surface area (Å²) in [7, 11) is 0. The van der Waals surface area contributed by atoms with Gasteiger partial charge in [-0.2, -0.15) is 0 Å². The minimum atomic E-state index is -0.171. The van der Waals surface area contributed by atoms with Gasteiger partial charge in [0.1, 0.15) is 6.04 Å². The summed E-state index contributed by atoms with van der Waals surface area (Å²) in [4.78, 5) is 31.0. The molecule has 3 heterocycles. The highest BCUT2D eigenvalue weighted by Crippen LogP contribution is 2.32. The first kappa shape index (κ1) is 15.6. The summed E-state index contributed by atoms with van der Waals surface area (Å²) < 4.78 is 0. The summed E-state index contributed by atoms with van der Waals surface area (Å²) in [5, 5.41) is 0. The van der Waals surface area contributed by atoms with Gasteiger partial charge in [-0.1, -0.05) is 30.3 Å². The Kier molecular flexibility index (Phi) is 4.04. The van der Waals surface area contributed by atoms with Crippen molar-refractivity contribution in [3.8, 4) is 0 Å². The maximum Gasteiger partial charge on any atom is 0.327 e. The molecule has 0 aliphatic carbocycles. The van der Waals surface area contributed by atoms with Crippen molar-refractivity contribution in [1.29, 1.82) is 0 Å². The van der Waals surface area contributed by atoms with E-state index in [1.54, 1.807) is 9.80 Å². The van der Waals surface area contributed by atoms with E-state index < -0.39 is 0 Å². The van der Waals surface area contributed by atoms with Crippen molar-refractivity contribution in [2.24, 2.45) is 0 Å². The quantitative estimate of drug-likeness (QED) is 0.801. The summed E-state index contributed by atoms with van der Waals surface area (Å²) in [6.07, 6.45) is 3.56. The molecule has 4 rings (SSSR count). The average molecular weight is 327 g/mol. The largest absolute Gasteiger partial charge is 0.327 e. The fourth-order valence-corrected chi connectivity index (χ4v) is 4.46. The Bertz CT molecular complexity index is 611. The van der Waals surface area contributed by atoms with Gasteiger partial charge < -0.3 is 4.90 Å². The zero-order chi connectivity index (χ0) is 16.7. The van der Waals surface area contributed by atoms with Crippen LogP contribution in [0.3, 0.4) is 0 Å². The first-order valence-electron chi connectivity index (χ1n) is 9.07. The summed E-state index contributed by atoms with van der Waals surface area (Å²) in [5.74, 6) is 0.0474. The normalized spacial score (nSPS) is 31.0. The molecule has 3 aliphatic rings. The molecule has 0 saturated carbocycles. The maximum atomic E-state index is 12.6. The van der Waals surface area contributed by atoms with Crippen LogP contribution < -0.4 is 0 Å². The van der Waals surface area contributed by atoms with Crippen molar-refractivity contribution in [3.63, 3.8) is 0 Å². The van der Waals surface area contributed by atoms with E-state index in [0.717, 1.165) is 45.3 Å². The van der Waals surface area contributed by atoms with Crippen LogP contribution >= 0.6 is 0 Å². The monoisotopic (exact) mass is 327 g/mol. The lowest BCUT2D eigenvalue weighted by Gasteiger charge is -2.40. The summed E-state index contributed by atoms with van der Waals surface area (Å²) in [6.45, 7) is 4.82. The van der Waals surface area contributed by atoms with Gasteiger partial charge in [0.25, 0.3) is 5.91 Å². The van der Waals surface area contributed by atoms with Crippen molar-refractivity contribution >= 4 is 11.9 Å². The number of hydrogen-bond acceptors (Lipinski definition) is 3. The third-order valence-electron chi connectivity index (χ3n) is 5.81. The summed E-state index contributed by atoms with van der Waals surface area (Å²) >= 11 is 0. The molecule has 0 spiro atoms. The Balaban J connectivity index is 1.41. The number of rotatable bonds is 3. The number of benzene rings is 1. The Morgan fingerprint density at radius 1 is 1.08 bits per heavy atom. The van der Waals surface area contributed by atoms with E-state index in [9.17, 15) is 9.59 Å². The number of hydrogen-bond donors (Lipinski definition) is 0. The molecule has 3 fully saturated rings. The minimum absolute atomic E-state index is 0.0452. The van der Waals surface area contributed by atoms with Crippen LogP contribution in [0, 0.1) is 0 Å². The standard InChI is InChI=1S/C19H25N3O2/c1-14-12-16(9-11-20(14)13-15-6-3-2-4-7-15)22-18(23)17-8-5-10-21(17)19(22)24/h2-4,6-7,14,16-17H,5,8-13H2,1H3/t14-,16+,17-/m0/s1. The van der Waals surface area contributed by atoms with E-state index in [1.165, 1.54) is 5.56 Å². The molecule has 24 heavy (non-hydrogen) atoms. The molecule has 0 unspecified atom stereocenters. The van der Waals surface area contributed by atoms with Gasteiger partial charge in [0, 0.05) is 31.7 Å². The number of carbonyl (C=O) groups is 2. The van der Waals surface area contributed by atoms with Gasteiger partial charge in [-0.25, -0.2) is 4.79 Å². The molecule has 3 aliphatic heterocycles. The lowest BCUT2D eigenvalue weighted by Crippen LogP contribution is -2.51. The Labute approximate surface area is 143 Å². The van der Waals surface area contributed by atoms with Gasteiger partial charge in [-0.05, 0) is 38.2 Å². The first-order chi connectivity index (χ1) is 11.6. The van der Waals surface area contributed by atoms with Crippen molar-refractivity contribution in [2.75, 3.05) is 13.1 Å². The predicted octanol–water partition coefficient (Wildman–Crippen LogP) is 2.47. The molecule has 1 aromatic rings. The lowest BCUT2D eigenvalue weighted by atomic mass is 9.96. The number of imide groups is 1. The van der Waals surface area contributed by atoms with Gasteiger partial charge >= 0.3 is 6.03 Å². The van der Waals surface area contributed by atoms with Crippen LogP contribution in [0.1, 0.15) is 38.2 Å². The van der Waals surface area contributed by atoms with E-state index in [2.05, 4.69) is 36.1 Å². The zero-order valence-corrected chi connectivity index (χ0v) is 14.2. The van der Waals surface area contributed by atoms with E-state index in [1.807, 2.05) is 6.07 Å². The van der Waals surface area contributed by atoms with Crippen molar-refractivity contribution in [2.45, 2.75) is 57.3 Å². The number of urea groups is 1. The van der Waals surface area contributed by atoms with Gasteiger partial charge in [0.2, 0.25) is 0 Å². The number of piperidine rings is 1. The number of fused-ring (bicyclic) bond motifs is 1.